The highest BCUT2D eigenvalue weighted by atomic mass is 35.5. The predicted octanol–water partition coefficient (Wildman–Crippen LogP) is 4.48. The van der Waals surface area contributed by atoms with Gasteiger partial charge < -0.3 is 29.0 Å². The molecule has 3 aromatic rings. The fourth-order valence-corrected chi connectivity index (χ4v) is 3.45. The lowest BCUT2D eigenvalue weighted by atomic mass is 10.2. The second kappa shape index (κ2) is 9.81. The summed E-state index contributed by atoms with van der Waals surface area (Å²) in [5.41, 5.74) is 3.41. The lowest BCUT2D eigenvalue weighted by Crippen LogP contribution is -2.15. The fraction of sp³-hybridized carbons (Fsp3) is 0.250. The molecule has 0 saturated carbocycles. The summed E-state index contributed by atoms with van der Waals surface area (Å²) in [5.74, 6) is 4.04. The van der Waals surface area contributed by atoms with Gasteiger partial charge in [0.2, 0.25) is 6.79 Å². The van der Waals surface area contributed by atoms with Gasteiger partial charge in [-0.05, 0) is 53.1 Å². The number of nitrogens with one attached hydrogen (secondary N) is 1. The van der Waals surface area contributed by atoms with Crippen LogP contribution in [0.5, 0.6) is 28.7 Å². The van der Waals surface area contributed by atoms with Crippen molar-refractivity contribution in [3.05, 3.63) is 77.4 Å². The molecule has 1 N–H and O–H groups in total. The zero-order valence-electron chi connectivity index (χ0n) is 17.0. The van der Waals surface area contributed by atoms with Gasteiger partial charge in [-0.1, -0.05) is 24.3 Å². The average molecular weight is 442 g/mol. The first-order chi connectivity index (χ1) is 14.8. The Morgan fingerprint density at radius 2 is 1.23 bits per heavy atom. The minimum atomic E-state index is 0. The Morgan fingerprint density at radius 3 is 2.06 bits per heavy atom. The molecule has 0 radical (unpaired) electrons. The van der Waals surface area contributed by atoms with E-state index in [9.17, 15) is 0 Å². The van der Waals surface area contributed by atoms with Gasteiger partial charge in [0.15, 0.2) is 23.0 Å². The number of ether oxygens (including phenoxy) is 5. The molecule has 2 aliphatic heterocycles. The average Bonchev–Trinajstić information content (AvgIpc) is 3.26. The number of halogens is 1. The molecule has 0 bridgehead atoms. The van der Waals surface area contributed by atoms with Crippen LogP contribution >= 0.6 is 12.4 Å². The van der Waals surface area contributed by atoms with Crippen LogP contribution in [-0.2, 0) is 19.7 Å². The zero-order chi connectivity index (χ0) is 20.2. The van der Waals surface area contributed by atoms with Crippen molar-refractivity contribution >= 4 is 12.4 Å². The Balaban J connectivity index is 0.00000231. The highest BCUT2D eigenvalue weighted by molar-refractivity contribution is 5.85. The van der Waals surface area contributed by atoms with Crippen molar-refractivity contribution in [3.8, 4) is 28.7 Å². The maximum Gasteiger partial charge on any atom is 0.231 e. The van der Waals surface area contributed by atoms with E-state index in [4.69, 9.17) is 23.7 Å². The number of benzene rings is 3. The zero-order valence-corrected chi connectivity index (χ0v) is 17.8. The Hall–Kier alpha value is -3.09. The van der Waals surface area contributed by atoms with Crippen LogP contribution in [-0.4, -0.2) is 20.0 Å². The molecular weight excluding hydrogens is 418 g/mol. The van der Waals surface area contributed by atoms with Crippen LogP contribution < -0.4 is 29.0 Å². The topological polar surface area (TPSA) is 58.2 Å². The summed E-state index contributed by atoms with van der Waals surface area (Å²) < 4.78 is 27.9. The van der Waals surface area contributed by atoms with Crippen LogP contribution in [0.4, 0.5) is 0 Å². The molecule has 2 aliphatic rings. The van der Waals surface area contributed by atoms with Crippen LogP contribution in [0.2, 0.25) is 0 Å². The van der Waals surface area contributed by atoms with Crippen molar-refractivity contribution in [2.75, 3.05) is 20.0 Å². The fourth-order valence-electron chi connectivity index (χ4n) is 3.45. The number of fused-ring (bicyclic) bond motifs is 2. The first-order valence-corrected chi connectivity index (χ1v) is 10.0. The summed E-state index contributed by atoms with van der Waals surface area (Å²) in [5, 5.41) is 3.45. The number of hydrogen-bond acceptors (Lipinski definition) is 6. The highest BCUT2D eigenvalue weighted by Gasteiger charge is 2.13. The lowest BCUT2D eigenvalue weighted by Gasteiger charge is -2.19. The van der Waals surface area contributed by atoms with Gasteiger partial charge in [0.1, 0.15) is 25.6 Å². The second-order valence-electron chi connectivity index (χ2n) is 7.20. The van der Waals surface area contributed by atoms with Crippen LogP contribution in [0.15, 0.2) is 60.7 Å². The monoisotopic (exact) mass is 441 g/mol. The molecule has 0 spiro atoms. The molecule has 0 fully saturated rings. The summed E-state index contributed by atoms with van der Waals surface area (Å²) >= 11 is 0. The van der Waals surface area contributed by atoms with Crippen molar-refractivity contribution in [1.82, 2.24) is 5.32 Å². The third-order valence-electron chi connectivity index (χ3n) is 5.03. The van der Waals surface area contributed by atoms with Gasteiger partial charge in [-0.2, -0.15) is 0 Å². The van der Waals surface area contributed by atoms with E-state index in [2.05, 4.69) is 23.5 Å². The molecule has 6 nitrogen and oxygen atoms in total. The first kappa shape index (κ1) is 21.2. The molecule has 0 aliphatic carbocycles. The number of rotatable bonds is 7. The molecule has 7 heteroatoms. The van der Waals surface area contributed by atoms with E-state index >= 15 is 0 Å². The van der Waals surface area contributed by atoms with E-state index in [0.717, 1.165) is 47.4 Å². The van der Waals surface area contributed by atoms with Gasteiger partial charge in [0.25, 0.3) is 0 Å². The Kier molecular flexibility index (Phi) is 6.70. The van der Waals surface area contributed by atoms with Gasteiger partial charge in [-0.3, -0.25) is 0 Å². The van der Waals surface area contributed by atoms with Crippen molar-refractivity contribution < 1.29 is 23.7 Å². The summed E-state index contributed by atoms with van der Waals surface area (Å²) in [7, 11) is 0. The molecule has 3 aromatic carbocycles. The van der Waals surface area contributed by atoms with E-state index in [1.54, 1.807) is 0 Å². The molecule has 0 atom stereocenters. The molecular formula is C24H24ClNO5. The highest BCUT2D eigenvalue weighted by Crippen LogP contribution is 2.33. The van der Waals surface area contributed by atoms with Crippen molar-refractivity contribution in [2.45, 2.75) is 19.7 Å². The number of hydrogen-bond donors (Lipinski definition) is 1. The summed E-state index contributed by atoms with van der Waals surface area (Å²) in [6, 6.07) is 20.1. The third-order valence-corrected chi connectivity index (χ3v) is 5.03. The summed E-state index contributed by atoms with van der Waals surface area (Å²) in [6.45, 7) is 3.51. The summed E-state index contributed by atoms with van der Waals surface area (Å²) in [6.07, 6.45) is 0. The van der Waals surface area contributed by atoms with Crippen molar-refractivity contribution in [1.29, 1.82) is 0 Å². The quantitative estimate of drug-likeness (QED) is 0.583. The smallest absolute Gasteiger partial charge is 0.231 e. The first-order valence-electron chi connectivity index (χ1n) is 10.0. The normalized spacial score (nSPS) is 13.4. The molecule has 0 aromatic heterocycles. The minimum absolute atomic E-state index is 0. The Morgan fingerprint density at radius 1 is 0.645 bits per heavy atom. The van der Waals surface area contributed by atoms with Gasteiger partial charge >= 0.3 is 0 Å². The van der Waals surface area contributed by atoms with Crippen molar-refractivity contribution in [2.24, 2.45) is 0 Å². The standard InChI is InChI=1S/C24H23NO5.ClH/c1-5-20(28-15-19-4-8-21-23(12-19)27-10-9-26-21)6-2-17(1)13-25-14-18-3-7-22-24(11-18)30-16-29-22;/h1-8,11-12,25H,9-10,13-16H2;1H. The van der Waals surface area contributed by atoms with Gasteiger partial charge in [-0.15, -0.1) is 12.4 Å². The predicted molar refractivity (Wildman–Crippen MR) is 119 cm³/mol. The van der Waals surface area contributed by atoms with Gasteiger partial charge in [-0.25, -0.2) is 0 Å². The van der Waals surface area contributed by atoms with E-state index in [0.29, 0.717) is 26.6 Å². The van der Waals surface area contributed by atoms with Crippen LogP contribution in [0.3, 0.4) is 0 Å². The van der Waals surface area contributed by atoms with Crippen LogP contribution in [0, 0.1) is 0 Å². The Bertz CT molecular complexity index is 1020. The molecule has 0 unspecified atom stereocenters. The molecule has 0 amide bonds. The molecule has 2 heterocycles. The maximum atomic E-state index is 5.91. The summed E-state index contributed by atoms with van der Waals surface area (Å²) in [4.78, 5) is 0. The lowest BCUT2D eigenvalue weighted by molar-refractivity contribution is 0.171. The van der Waals surface area contributed by atoms with E-state index in [1.807, 2.05) is 42.5 Å². The van der Waals surface area contributed by atoms with E-state index in [1.165, 1.54) is 11.1 Å². The van der Waals surface area contributed by atoms with Crippen LogP contribution in [0.25, 0.3) is 0 Å². The molecule has 5 rings (SSSR count). The van der Waals surface area contributed by atoms with Gasteiger partial charge in [0.05, 0.1) is 0 Å². The largest absolute Gasteiger partial charge is 0.489 e. The van der Waals surface area contributed by atoms with E-state index in [-0.39, 0.29) is 12.4 Å². The van der Waals surface area contributed by atoms with E-state index < -0.39 is 0 Å². The van der Waals surface area contributed by atoms with Crippen molar-refractivity contribution in [3.63, 3.8) is 0 Å². The molecule has 31 heavy (non-hydrogen) atoms. The van der Waals surface area contributed by atoms with Gasteiger partial charge in [0, 0.05) is 13.1 Å². The molecule has 162 valence electrons. The maximum absolute atomic E-state index is 5.91. The minimum Gasteiger partial charge on any atom is -0.489 e. The SMILES string of the molecule is Cl.c1cc(OCc2ccc3c(c2)OCCO3)ccc1CNCc1ccc2c(c1)OCO2. The molecule has 0 saturated heterocycles. The van der Waals surface area contributed by atoms with Crippen LogP contribution in [0.1, 0.15) is 16.7 Å². The Labute approximate surface area is 187 Å². The third kappa shape index (κ3) is 5.16. The second-order valence-corrected chi connectivity index (χ2v) is 7.20.